The second-order valence-electron chi connectivity index (χ2n) is 7.72. The number of nitrogens with one attached hydrogen (secondary N) is 1. The maximum Gasteiger partial charge on any atom is 0.317 e. The third kappa shape index (κ3) is 4.97. The van der Waals surface area contributed by atoms with Crippen LogP contribution in [0, 0.1) is 5.92 Å². The predicted octanol–water partition coefficient (Wildman–Crippen LogP) is 2.53. The molecular weight excluding hydrogens is 332 g/mol. The Bertz CT molecular complexity index is 651. The summed E-state index contributed by atoms with van der Waals surface area (Å²) in [4.78, 5) is 25.8. The van der Waals surface area contributed by atoms with Crippen molar-refractivity contribution in [2.24, 2.45) is 5.92 Å². The molecule has 6 nitrogen and oxygen atoms in total. The highest BCUT2D eigenvalue weighted by atomic mass is 16.5. The number of hydrogen-bond acceptors (Lipinski definition) is 4. The van der Waals surface area contributed by atoms with Gasteiger partial charge in [-0.1, -0.05) is 12.1 Å². The number of hydrogen-bond donors (Lipinski definition) is 2. The van der Waals surface area contributed by atoms with Gasteiger partial charge >= 0.3 is 5.97 Å². The number of carboxylic acid groups (broad SMARTS) is 1. The van der Waals surface area contributed by atoms with Gasteiger partial charge in [-0.3, -0.25) is 14.5 Å². The van der Waals surface area contributed by atoms with E-state index in [0.29, 0.717) is 17.2 Å². The Hall–Kier alpha value is -2.08. The molecule has 0 atom stereocenters. The molecule has 1 aromatic carbocycles. The van der Waals surface area contributed by atoms with Gasteiger partial charge in [0.25, 0.3) is 5.91 Å². The zero-order valence-electron chi connectivity index (χ0n) is 15.5. The van der Waals surface area contributed by atoms with Crippen LogP contribution >= 0.6 is 0 Å². The summed E-state index contributed by atoms with van der Waals surface area (Å²) in [7, 11) is 0. The van der Waals surface area contributed by atoms with Gasteiger partial charge in [0.1, 0.15) is 5.75 Å². The van der Waals surface area contributed by atoms with Crippen molar-refractivity contribution in [2.45, 2.75) is 57.7 Å². The van der Waals surface area contributed by atoms with Gasteiger partial charge in [0.2, 0.25) is 0 Å². The molecular formula is C20H28N2O4. The van der Waals surface area contributed by atoms with Gasteiger partial charge in [0.15, 0.2) is 0 Å². The van der Waals surface area contributed by atoms with Gasteiger partial charge in [-0.2, -0.15) is 0 Å². The number of para-hydroxylation sites is 1. The molecule has 2 N–H and O–H groups in total. The standard InChI is InChI=1S/C20H28N2O4/c1-13(2)26-18-6-4-3-5-17(18)20(25)21-15-9-16(10-15)22(12-19(23)24)11-14-7-8-14/h3-6,13-16H,7-12H2,1-2H3,(H,21,25)(H,23,24). The lowest BCUT2D eigenvalue weighted by Crippen LogP contribution is -2.55. The Morgan fingerprint density at radius 1 is 1.27 bits per heavy atom. The van der Waals surface area contributed by atoms with E-state index in [1.807, 2.05) is 32.0 Å². The largest absolute Gasteiger partial charge is 0.490 e. The van der Waals surface area contributed by atoms with Crippen LogP contribution in [0.3, 0.4) is 0 Å². The lowest BCUT2D eigenvalue weighted by Gasteiger charge is -2.42. The van der Waals surface area contributed by atoms with Crippen LogP contribution in [-0.4, -0.2) is 53.2 Å². The van der Waals surface area contributed by atoms with Crippen LogP contribution in [-0.2, 0) is 4.79 Å². The first-order chi connectivity index (χ1) is 12.4. The molecule has 0 radical (unpaired) electrons. The van der Waals surface area contributed by atoms with E-state index in [2.05, 4.69) is 10.2 Å². The second kappa shape index (κ2) is 8.08. The van der Waals surface area contributed by atoms with Crippen molar-refractivity contribution in [1.82, 2.24) is 10.2 Å². The Kier molecular flexibility index (Phi) is 5.81. The van der Waals surface area contributed by atoms with E-state index >= 15 is 0 Å². The number of aliphatic carboxylic acids is 1. The first kappa shape index (κ1) is 18.7. The molecule has 2 aliphatic rings. The van der Waals surface area contributed by atoms with Crippen molar-refractivity contribution < 1.29 is 19.4 Å². The lowest BCUT2D eigenvalue weighted by molar-refractivity contribution is -0.139. The van der Waals surface area contributed by atoms with Crippen LogP contribution in [0.25, 0.3) is 0 Å². The van der Waals surface area contributed by atoms with E-state index in [-0.39, 0.29) is 30.6 Å². The molecule has 0 spiro atoms. The van der Waals surface area contributed by atoms with E-state index < -0.39 is 5.97 Å². The molecule has 1 aromatic rings. The number of ether oxygens (including phenoxy) is 1. The van der Waals surface area contributed by atoms with Gasteiger partial charge in [-0.25, -0.2) is 0 Å². The monoisotopic (exact) mass is 360 g/mol. The molecule has 2 aliphatic carbocycles. The number of rotatable bonds is 9. The van der Waals surface area contributed by atoms with Crippen LogP contribution in [0.15, 0.2) is 24.3 Å². The first-order valence-electron chi connectivity index (χ1n) is 9.44. The highest BCUT2D eigenvalue weighted by molar-refractivity contribution is 5.97. The van der Waals surface area contributed by atoms with E-state index in [1.54, 1.807) is 6.07 Å². The van der Waals surface area contributed by atoms with Gasteiger partial charge < -0.3 is 15.2 Å². The number of carbonyl (C=O) groups is 2. The zero-order valence-corrected chi connectivity index (χ0v) is 15.5. The average Bonchev–Trinajstić information content (AvgIpc) is 3.33. The number of nitrogens with zero attached hydrogens (tertiary/aromatic N) is 1. The molecule has 0 saturated heterocycles. The van der Waals surface area contributed by atoms with Gasteiger partial charge in [0.05, 0.1) is 18.2 Å². The summed E-state index contributed by atoms with van der Waals surface area (Å²) in [5.74, 6) is 0.342. The Labute approximate surface area is 154 Å². The molecule has 6 heteroatoms. The van der Waals surface area contributed by atoms with Crippen LogP contribution < -0.4 is 10.1 Å². The van der Waals surface area contributed by atoms with Gasteiger partial charge in [-0.05, 0) is 57.6 Å². The Balaban J connectivity index is 1.53. The van der Waals surface area contributed by atoms with Crippen molar-refractivity contribution >= 4 is 11.9 Å². The minimum atomic E-state index is -0.780. The molecule has 1 amide bonds. The lowest BCUT2D eigenvalue weighted by atomic mass is 9.85. The molecule has 142 valence electrons. The summed E-state index contributed by atoms with van der Waals surface area (Å²) < 4.78 is 5.72. The molecule has 0 unspecified atom stereocenters. The molecule has 0 heterocycles. The quantitative estimate of drug-likeness (QED) is 0.707. The van der Waals surface area contributed by atoms with Crippen LogP contribution in [0.5, 0.6) is 5.75 Å². The highest BCUT2D eigenvalue weighted by Crippen LogP contribution is 2.34. The summed E-state index contributed by atoms with van der Waals surface area (Å²) >= 11 is 0. The third-order valence-corrected chi connectivity index (χ3v) is 4.99. The minimum absolute atomic E-state index is 0.00374. The van der Waals surface area contributed by atoms with Crippen LogP contribution in [0.4, 0.5) is 0 Å². The first-order valence-corrected chi connectivity index (χ1v) is 9.44. The van der Waals surface area contributed by atoms with Crippen molar-refractivity contribution in [3.8, 4) is 5.75 Å². The van der Waals surface area contributed by atoms with E-state index in [4.69, 9.17) is 9.84 Å². The maximum absolute atomic E-state index is 12.6. The van der Waals surface area contributed by atoms with E-state index in [1.165, 1.54) is 12.8 Å². The van der Waals surface area contributed by atoms with Crippen molar-refractivity contribution in [1.29, 1.82) is 0 Å². The topological polar surface area (TPSA) is 78.9 Å². The fraction of sp³-hybridized carbons (Fsp3) is 0.600. The van der Waals surface area contributed by atoms with Gasteiger partial charge in [-0.15, -0.1) is 0 Å². The summed E-state index contributed by atoms with van der Waals surface area (Å²) in [6.45, 7) is 4.82. The molecule has 2 fully saturated rings. The highest BCUT2D eigenvalue weighted by Gasteiger charge is 2.38. The third-order valence-electron chi connectivity index (χ3n) is 4.99. The molecule has 0 aliphatic heterocycles. The molecule has 3 rings (SSSR count). The van der Waals surface area contributed by atoms with E-state index in [0.717, 1.165) is 19.4 Å². The predicted molar refractivity (Wildman–Crippen MR) is 98.4 cm³/mol. The number of carbonyl (C=O) groups excluding carboxylic acids is 1. The number of amides is 1. The van der Waals surface area contributed by atoms with Crippen molar-refractivity contribution in [3.63, 3.8) is 0 Å². The zero-order chi connectivity index (χ0) is 18.7. The SMILES string of the molecule is CC(C)Oc1ccccc1C(=O)NC1CC(N(CC(=O)O)CC2CC2)C1. The molecule has 26 heavy (non-hydrogen) atoms. The normalized spacial score (nSPS) is 22.2. The number of benzene rings is 1. The minimum Gasteiger partial charge on any atom is -0.490 e. The fourth-order valence-corrected chi connectivity index (χ4v) is 3.43. The Morgan fingerprint density at radius 3 is 2.58 bits per heavy atom. The smallest absolute Gasteiger partial charge is 0.317 e. The maximum atomic E-state index is 12.6. The Morgan fingerprint density at radius 2 is 1.96 bits per heavy atom. The van der Waals surface area contributed by atoms with Crippen molar-refractivity contribution in [2.75, 3.05) is 13.1 Å². The van der Waals surface area contributed by atoms with Gasteiger partial charge in [0, 0.05) is 18.6 Å². The fourth-order valence-electron chi connectivity index (χ4n) is 3.43. The summed E-state index contributed by atoms with van der Waals surface area (Å²) in [5.41, 5.74) is 0.546. The summed E-state index contributed by atoms with van der Waals surface area (Å²) in [6, 6.07) is 7.61. The van der Waals surface area contributed by atoms with Crippen LogP contribution in [0.2, 0.25) is 0 Å². The average molecular weight is 360 g/mol. The van der Waals surface area contributed by atoms with E-state index in [9.17, 15) is 9.59 Å². The summed E-state index contributed by atoms with van der Waals surface area (Å²) in [6.07, 6.45) is 4.02. The number of carboxylic acids is 1. The molecule has 0 bridgehead atoms. The van der Waals surface area contributed by atoms with Crippen molar-refractivity contribution in [3.05, 3.63) is 29.8 Å². The summed E-state index contributed by atoms with van der Waals surface area (Å²) in [5, 5.41) is 12.2. The van der Waals surface area contributed by atoms with Crippen LogP contribution in [0.1, 0.15) is 49.9 Å². The second-order valence-corrected chi connectivity index (χ2v) is 7.72. The molecule has 0 aromatic heterocycles. The molecule has 2 saturated carbocycles.